The number of aromatic hydroxyl groups is 1. The number of hydrogen-bond donors (Lipinski definition) is 3. The van der Waals surface area contributed by atoms with Crippen LogP contribution in [0.1, 0.15) is 68.8 Å². The van der Waals surface area contributed by atoms with Gasteiger partial charge in [0, 0.05) is 90.9 Å². The van der Waals surface area contributed by atoms with Crippen LogP contribution >= 0.6 is 0 Å². The number of carbonyl (C=O) groups is 3. The first-order valence-electron chi connectivity index (χ1n) is 22.6. The molecule has 13 nitrogen and oxygen atoms in total. The van der Waals surface area contributed by atoms with Gasteiger partial charge in [-0.15, -0.1) is 0 Å². The van der Waals surface area contributed by atoms with Crippen molar-refractivity contribution in [2.24, 2.45) is 11.3 Å². The molecular formula is C51H58N4O9. The summed E-state index contributed by atoms with van der Waals surface area (Å²) >= 11 is 0. The fourth-order valence-corrected chi connectivity index (χ4v) is 13.8. The molecule has 1 spiro atoms. The number of rotatable bonds is 8. The number of aromatic amines is 1. The van der Waals surface area contributed by atoms with E-state index in [0.29, 0.717) is 50.2 Å². The van der Waals surface area contributed by atoms with Gasteiger partial charge < -0.3 is 39.0 Å². The molecule has 1 saturated carbocycles. The highest BCUT2D eigenvalue weighted by Crippen LogP contribution is 2.68. The molecule has 6 aliphatic rings. The number of aromatic nitrogens is 1. The summed E-state index contributed by atoms with van der Waals surface area (Å²) < 4.78 is 24.1. The summed E-state index contributed by atoms with van der Waals surface area (Å²) in [7, 11) is 6.18. The average molecular weight is 871 g/mol. The number of phenolic OH excluding ortho intramolecular Hbond substituents is 1. The molecule has 0 radical (unpaired) electrons. The molecule has 3 N–H and O–H groups in total. The van der Waals surface area contributed by atoms with Crippen molar-refractivity contribution in [2.45, 2.75) is 87.6 Å². The number of fused-ring (bicyclic) bond motifs is 6. The van der Waals surface area contributed by atoms with Crippen LogP contribution in [0, 0.1) is 11.3 Å². The zero-order chi connectivity index (χ0) is 45.1. The van der Waals surface area contributed by atoms with Crippen molar-refractivity contribution in [2.75, 3.05) is 59.5 Å². The number of esters is 3. The highest BCUT2D eigenvalue weighted by molar-refractivity contribution is 5.96. The maximum Gasteiger partial charge on any atom is 0.344 e. The molecule has 4 aromatic rings. The molecule has 3 aromatic carbocycles. The Morgan fingerprint density at radius 3 is 2.42 bits per heavy atom. The minimum absolute atomic E-state index is 0.0291. The number of methoxy groups -OCH3 is 3. The Bertz CT molecular complexity index is 2670. The van der Waals surface area contributed by atoms with Crippen LogP contribution in [0.15, 0.2) is 78.4 Å². The van der Waals surface area contributed by atoms with Gasteiger partial charge in [0.1, 0.15) is 16.9 Å². The predicted molar refractivity (Wildman–Crippen MR) is 241 cm³/mol. The Kier molecular flexibility index (Phi) is 9.90. The molecule has 1 unspecified atom stereocenters. The Balaban J connectivity index is 1.28. The van der Waals surface area contributed by atoms with Crippen molar-refractivity contribution >= 4 is 34.5 Å². The number of phenols is 1. The first-order valence-corrected chi connectivity index (χ1v) is 22.6. The summed E-state index contributed by atoms with van der Waals surface area (Å²) in [5.74, 6) is -1.30. The Morgan fingerprint density at radius 2 is 1.72 bits per heavy atom. The van der Waals surface area contributed by atoms with Gasteiger partial charge in [0.15, 0.2) is 6.10 Å². The second kappa shape index (κ2) is 15.0. The second-order valence-corrected chi connectivity index (χ2v) is 18.9. The summed E-state index contributed by atoms with van der Waals surface area (Å²) in [4.78, 5) is 53.6. The van der Waals surface area contributed by atoms with Gasteiger partial charge in [-0.05, 0) is 90.7 Å². The Hall–Kier alpha value is -5.63. The van der Waals surface area contributed by atoms with Crippen LogP contribution < -0.4 is 9.64 Å². The molecule has 6 heterocycles. The fraction of sp³-hybridized carbons (Fsp3) is 0.471. The molecule has 336 valence electrons. The van der Waals surface area contributed by atoms with Crippen molar-refractivity contribution in [3.8, 4) is 22.6 Å². The average Bonchev–Trinajstić information content (AvgIpc) is 3.94. The molecule has 64 heavy (non-hydrogen) atoms. The monoisotopic (exact) mass is 870 g/mol. The second-order valence-electron chi connectivity index (χ2n) is 18.9. The van der Waals surface area contributed by atoms with Crippen molar-refractivity contribution in [1.29, 1.82) is 0 Å². The van der Waals surface area contributed by atoms with Crippen LogP contribution in [0.25, 0.3) is 22.0 Å². The van der Waals surface area contributed by atoms with E-state index >= 15 is 4.79 Å². The van der Waals surface area contributed by atoms with Gasteiger partial charge in [0.25, 0.3) is 0 Å². The molecule has 9 atom stereocenters. The summed E-state index contributed by atoms with van der Waals surface area (Å²) in [6, 6.07) is 16.3. The van der Waals surface area contributed by atoms with Crippen molar-refractivity contribution < 1.29 is 43.5 Å². The molecule has 1 aromatic heterocycles. The standard InChI is InChI=1S/C51H58N4O9/c1-8-30-20-31-25-50(46(58)62-6,42-36(28-54(26-30)27-31)35-22-33(14-15-39(35)52-42)32-12-10-13-34(57)21-32)38-23-37-40(24-41(38)61-5)53(4)44-49(37)17-19-55-18-11-16-48(9-2,43(49)55)45(64-29(3)56)51(44,60)47(59)63-7/h10-16,20-24,31,43-45,52,57,60H,8-9,17-19,25-28H2,1-7H3/t31-,43+,44-,45-,48-,49-,50+,51+/m1/s1. The first-order chi connectivity index (χ1) is 30.7. The number of anilines is 1. The zero-order valence-electron chi connectivity index (χ0n) is 37.7. The Labute approximate surface area is 373 Å². The number of ether oxygens (including phenoxy) is 4. The number of aliphatic hydroxyl groups is 1. The molecule has 2 fully saturated rings. The number of benzene rings is 3. The third kappa shape index (κ3) is 5.56. The lowest BCUT2D eigenvalue weighted by molar-refractivity contribution is -0.228. The van der Waals surface area contributed by atoms with E-state index in [-0.39, 0.29) is 17.7 Å². The van der Waals surface area contributed by atoms with Crippen molar-refractivity contribution in [3.05, 3.63) is 101 Å². The summed E-state index contributed by atoms with van der Waals surface area (Å²) in [5, 5.41) is 24.8. The van der Waals surface area contributed by atoms with E-state index < -0.39 is 51.9 Å². The zero-order valence-corrected chi connectivity index (χ0v) is 37.7. The van der Waals surface area contributed by atoms with Crippen LogP contribution in [0.4, 0.5) is 5.69 Å². The van der Waals surface area contributed by atoms with E-state index in [0.717, 1.165) is 64.0 Å². The van der Waals surface area contributed by atoms with E-state index in [4.69, 9.17) is 18.9 Å². The summed E-state index contributed by atoms with van der Waals surface area (Å²) in [6.45, 7) is 8.92. The molecule has 1 aliphatic carbocycles. The molecular weight excluding hydrogens is 813 g/mol. The minimum atomic E-state index is -2.31. The number of nitrogens with zero attached hydrogens (tertiary/aromatic N) is 3. The molecule has 1 saturated heterocycles. The van der Waals surface area contributed by atoms with Gasteiger partial charge in [-0.25, -0.2) is 4.79 Å². The largest absolute Gasteiger partial charge is 0.508 e. The SMILES string of the molecule is CCC1=C[C@H]2CN(C1)Cc1c([nH]c3ccc(-c4cccc(O)c4)cc13)[C@@](C(=O)OC)(c1cc3c(cc1OC)N(C)[C@H]1[C@@](O)(C(=O)OC)[C@H](OC(C)=O)[C@]4(CC)C=CCN5CC[C@]31[C@@H]54)C2. The number of likely N-dealkylation sites (N-methyl/N-ethyl adjacent to an activating group) is 1. The first kappa shape index (κ1) is 42.3. The lowest BCUT2D eigenvalue weighted by Crippen LogP contribution is -2.81. The lowest BCUT2D eigenvalue weighted by atomic mass is 9.47. The highest BCUT2D eigenvalue weighted by Gasteiger charge is 2.80. The van der Waals surface area contributed by atoms with E-state index in [1.54, 1.807) is 19.2 Å². The maximum absolute atomic E-state index is 15.5. The highest BCUT2D eigenvalue weighted by atomic mass is 16.6. The van der Waals surface area contributed by atoms with Crippen LogP contribution in [0.3, 0.4) is 0 Å². The molecule has 5 aliphatic heterocycles. The lowest BCUT2D eigenvalue weighted by Gasteiger charge is -2.63. The molecule has 2 bridgehead atoms. The number of H-pyrrole nitrogens is 1. The van der Waals surface area contributed by atoms with E-state index in [1.165, 1.54) is 26.7 Å². The normalized spacial score (nSPS) is 32.3. The molecule has 13 heteroatoms. The summed E-state index contributed by atoms with van der Waals surface area (Å²) in [5.41, 5.74) is 2.29. The summed E-state index contributed by atoms with van der Waals surface area (Å²) in [6.07, 6.45) is 7.46. The van der Waals surface area contributed by atoms with Crippen LogP contribution in [0.2, 0.25) is 0 Å². The third-order valence-corrected chi connectivity index (χ3v) is 16.0. The van der Waals surface area contributed by atoms with Crippen LogP contribution in [0.5, 0.6) is 11.5 Å². The number of carbonyl (C=O) groups excluding carboxylic acids is 3. The van der Waals surface area contributed by atoms with E-state index in [1.807, 2.05) is 49.2 Å². The van der Waals surface area contributed by atoms with E-state index in [9.17, 15) is 19.8 Å². The smallest absolute Gasteiger partial charge is 0.344 e. The van der Waals surface area contributed by atoms with Crippen LogP contribution in [-0.4, -0.2) is 121 Å². The molecule has 0 amide bonds. The topological polar surface area (TPSA) is 154 Å². The quantitative estimate of drug-likeness (QED) is 0.106. The van der Waals surface area contributed by atoms with E-state index in [2.05, 4.69) is 52.1 Å². The third-order valence-electron chi connectivity index (χ3n) is 16.0. The maximum atomic E-state index is 15.5. The van der Waals surface area contributed by atoms with Gasteiger partial charge in [-0.1, -0.05) is 55.8 Å². The number of hydrogen-bond acceptors (Lipinski definition) is 12. The van der Waals surface area contributed by atoms with Gasteiger partial charge >= 0.3 is 17.9 Å². The van der Waals surface area contributed by atoms with Gasteiger partial charge in [0.2, 0.25) is 5.60 Å². The molecule has 10 rings (SSSR count). The van der Waals surface area contributed by atoms with Crippen molar-refractivity contribution in [1.82, 2.24) is 14.8 Å². The Morgan fingerprint density at radius 1 is 0.938 bits per heavy atom. The minimum Gasteiger partial charge on any atom is -0.508 e. The van der Waals surface area contributed by atoms with Crippen molar-refractivity contribution in [3.63, 3.8) is 0 Å². The van der Waals surface area contributed by atoms with Gasteiger partial charge in [0.05, 0.1) is 27.4 Å². The predicted octanol–water partition coefficient (Wildman–Crippen LogP) is 6.13. The number of nitrogens with one attached hydrogen (secondary N) is 1. The van der Waals surface area contributed by atoms with Crippen LogP contribution in [-0.2, 0) is 46.0 Å². The van der Waals surface area contributed by atoms with Gasteiger partial charge in [-0.2, -0.15) is 0 Å². The fourth-order valence-electron chi connectivity index (χ4n) is 13.8. The van der Waals surface area contributed by atoms with Gasteiger partial charge in [-0.3, -0.25) is 19.4 Å².